The Morgan fingerprint density at radius 3 is 2.37 bits per heavy atom. The zero-order valence-electron chi connectivity index (χ0n) is 19.6. The Labute approximate surface area is 203 Å². The number of Topliss-reactive ketones (excluding diaryl/α,β-unsaturated/α-hetero) is 1. The van der Waals surface area contributed by atoms with Crippen LogP contribution in [0.2, 0.25) is 0 Å². The minimum Gasteiger partial charge on any atom is -0.507 e. The average molecular weight is 474 g/mol. The van der Waals surface area contributed by atoms with Crippen molar-refractivity contribution in [2.45, 2.75) is 25.9 Å². The Kier molecular flexibility index (Phi) is 7.06. The summed E-state index contributed by atoms with van der Waals surface area (Å²) in [5.41, 5.74) is 1.73. The van der Waals surface area contributed by atoms with Crippen molar-refractivity contribution in [3.63, 3.8) is 0 Å². The van der Waals surface area contributed by atoms with Crippen LogP contribution in [0.4, 0.5) is 0 Å². The highest BCUT2D eigenvalue weighted by Crippen LogP contribution is 2.42. The molecule has 1 fully saturated rings. The van der Waals surface area contributed by atoms with Crippen molar-refractivity contribution in [2.24, 2.45) is 0 Å². The number of hydrogen-bond donors (Lipinski definition) is 2. The maximum absolute atomic E-state index is 13.2. The first-order valence-electron chi connectivity index (χ1n) is 11.4. The average Bonchev–Trinajstić information content (AvgIpc) is 3.13. The van der Waals surface area contributed by atoms with Crippen molar-refractivity contribution < 1.29 is 29.3 Å². The molecule has 0 aliphatic carbocycles. The van der Waals surface area contributed by atoms with Crippen LogP contribution in [0.1, 0.15) is 36.1 Å². The van der Waals surface area contributed by atoms with E-state index in [0.29, 0.717) is 23.5 Å². The number of hydrogen-bond acceptors (Lipinski definition) is 6. The first-order chi connectivity index (χ1) is 16.9. The molecule has 1 amide bonds. The van der Waals surface area contributed by atoms with E-state index in [9.17, 15) is 19.8 Å². The molecule has 3 aromatic rings. The van der Waals surface area contributed by atoms with Crippen molar-refractivity contribution in [1.29, 1.82) is 0 Å². The van der Waals surface area contributed by atoms with E-state index in [2.05, 4.69) is 0 Å². The number of phenols is 1. The van der Waals surface area contributed by atoms with Gasteiger partial charge in [-0.3, -0.25) is 9.59 Å². The molecule has 180 valence electrons. The minimum absolute atomic E-state index is 0.0269. The van der Waals surface area contributed by atoms with Crippen LogP contribution in [0.3, 0.4) is 0 Å². The van der Waals surface area contributed by atoms with E-state index in [0.717, 1.165) is 12.0 Å². The van der Waals surface area contributed by atoms with Crippen molar-refractivity contribution in [3.05, 3.63) is 95.1 Å². The van der Waals surface area contributed by atoms with Gasteiger partial charge in [0.1, 0.15) is 11.5 Å². The van der Waals surface area contributed by atoms with E-state index >= 15 is 0 Å². The fraction of sp³-hybridized carbons (Fsp3) is 0.214. The van der Waals surface area contributed by atoms with E-state index in [-0.39, 0.29) is 29.4 Å². The molecule has 3 aromatic carbocycles. The number of ether oxygens (including phenoxy) is 2. The van der Waals surface area contributed by atoms with E-state index in [1.54, 1.807) is 36.4 Å². The number of nitrogens with zero attached hydrogens (tertiary/aromatic N) is 1. The van der Waals surface area contributed by atoms with E-state index in [1.165, 1.54) is 18.1 Å². The number of carbonyl (C=O) groups is 2. The molecule has 1 aliphatic rings. The third-order valence-electron chi connectivity index (χ3n) is 5.86. The summed E-state index contributed by atoms with van der Waals surface area (Å²) in [4.78, 5) is 27.8. The molecule has 0 spiro atoms. The van der Waals surface area contributed by atoms with Gasteiger partial charge in [0, 0.05) is 12.1 Å². The van der Waals surface area contributed by atoms with Crippen LogP contribution >= 0.6 is 0 Å². The lowest BCUT2D eigenvalue weighted by Crippen LogP contribution is -2.29. The highest BCUT2D eigenvalue weighted by atomic mass is 16.5. The van der Waals surface area contributed by atoms with Gasteiger partial charge >= 0.3 is 0 Å². The summed E-state index contributed by atoms with van der Waals surface area (Å²) in [5.74, 6) is -0.993. The number of aromatic hydroxyl groups is 1. The number of rotatable bonds is 8. The van der Waals surface area contributed by atoms with Gasteiger partial charge in [0.25, 0.3) is 11.7 Å². The number of benzene rings is 3. The Morgan fingerprint density at radius 2 is 1.71 bits per heavy atom. The Hall–Kier alpha value is -4.26. The number of methoxy groups -OCH3 is 1. The first kappa shape index (κ1) is 23.9. The minimum atomic E-state index is -0.874. The SMILES string of the molecule is CCCOc1ccc(C(O)=C2C(=O)C(=O)N(Cc3ccccc3)C2c2ccc(O)c(OC)c2)cc1. The molecule has 4 rings (SSSR count). The highest BCUT2D eigenvalue weighted by Gasteiger charge is 2.46. The van der Waals surface area contributed by atoms with Crippen LogP contribution < -0.4 is 9.47 Å². The predicted molar refractivity (Wildman–Crippen MR) is 131 cm³/mol. The molecule has 1 atom stereocenters. The van der Waals surface area contributed by atoms with E-state index in [4.69, 9.17) is 9.47 Å². The number of ketones is 1. The number of likely N-dealkylation sites (tertiary alicyclic amines) is 1. The number of carbonyl (C=O) groups excluding carboxylic acids is 2. The quantitative estimate of drug-likeness (QED) is 0.277. The van der Waals surface area contributed by atoms with Crippen LogP contribution in [0, 0.1) is 0 Å². The van der Waals surface area contributed by atoms with Crippen molar-refractivity contribution >= 4 is 17.4 Å². The molecule has 1 saturated heterocycles. The molecular formula is C28H27NO6. The first-order valence-corrected chi connectivity index (χ1v) is 11.4. The standard InChI is InChI=1S/C28H27NO6/c1-3-15-35-21-12-9-19(10-13-21)26(31)24-25(20-11-14-22(30)23(16-20)34-2)29(28(33)27(24)32)17-18-7-5-4-6-8-18/h4-14,16,25,30-31H,3,15,17H2,1-2H3. The van der Waals surface area contributed by atoms with Crippen LogP contribution in [-0.4, -0.2) is 40.5 Å². The largest absolute Gasteiger partial charge is 0.507 e. The van der Waals surface area contributed by atoms with Gasteiger partial charge in [-0.15, -0.1) is 0 Å². The zero-order chi connectivity index (χ0) is 24.9. The lowest BCUT2D eigenvalue weighted by atomic mass is 9.94. The molecule has 7 heteroatoms. The third kappa shape index (κ3) is 4.84. The summed E-state index contributed by atoms with van der Waals surface area (Å²) < 4.78 is 10.8. The lowest BCUT2D eigenvalue weighted by molar-refractivity contribution is -0.140. The predicted octanol–water partition coefficient (Wildman–Crippen LogP) is 4.81. The molecule has 0 aromatic heterocycles. The van der Waals surface area contributed by atoms with Crippen LogP contribution in [0.25, 0.3) is 5.76 Å². The van der Waals surface area contributed by atoms with Gasteiger partial charge in [0.15, 0.2) is 11.5 Å². The number of aliphatic hydroxyl groups is 1. The second kappa shape index (κ2) is 10.3. The highest BCUT2D eigenvalue weighted by molar-refractivity contribution is 6.46. The summed E-state index contributed by atoms with van der Waals surface area (Å²) in [6.45, 7) is 2.74. The summed E-state index contributed by atoms with van der Waals surface area (Å²) in [7, 11) is 1.42. The smallest absolute Gasteiger partial charge is 0.295 e. The number of phenolic OH excluding ortho intramolecular Hbond substituents is 1. The van der Waals surface area contributed by atoms with Crippen LogP contribution in [0.5, 0.6) is 17.2 Å². The van der Waals surface area contributed by atoms with Crippen molar-refractivity contribution in [1.82, 2.24) is 4.90 Å². The second-order valence-electron chi connectivity index (χ2n) is 8.22. The molecule has 0 bridgehead atoms. The van der Waals surface area contributed by atoms with Gasteiger partial charge in [-0.1, -0.05) is 43.3 Å². The fourth-order valence-electron chi connectivity index (χ4n) is 4.12. The maximum Gasteiger partial charge on any atom is 0.295 e. The zero-order valence-corrected chi connectivity index (χ0v) is 19.6. The van der Waals surface area contributed by atoms with Gasteiger partial charge in [-0.05, 0) is 53.9 Å². The van der Waals surface area contributed by atoms with Gasteiger partial charge in [0.2, 0.25) is 0 Å². The normalized spacial score (nSPS) is 17.0. The Bertz CT molecular complexity index is 1250. The molecule has 35 heavy (non-hydrogen) atoms. The van der Waals surface area contributed by atoms with E-state index in [1.807, 2.05) is 37.3 Å². The molecule has 1 heterocycles. The number of amides is 1. The lowest BCUT2D eigenvalue weighted by Gasteiger charge is -2.26. The Morgan fingerprint density at radius 1 is 1.00 bits per heavy atom. The molecular weight excluding hydrogens is 446 g/mol. The van der Waals surface area contributed by atoms with Gasteiger partial charge < -0.3 is 24.6 Å². The van der Waals surface area contributed by atoms with Crippen molar-refractivity contribution in [2.75, 3.05) is 13.7 Å². The van der Waals surface area contributed by atoms with Gasteiger partial charge in [-0.2, -0.15) is 0 Å². The summed E-state index contributed by atoms with van der Waals surface area (Å²) >= 11 is 0. The molecule has 7 nitrogen and oxygen atoms in total. The fourth-order valence-corrected chi connectivity index (χ4v) is 4.12. The molecule has 0 saturated carbocycles. The molecule has 0 radical (unpaired) electrons. The van der Waals surface area contributed by atoms with E-state index < -0.39 is 17.7 Å². The summed E-state index contributed by atoms with van der Waals surface area (Å²) in [5, 5.41) is 21.3. The van der Waals surface area contributed by atoms with Gasteiger partial charge in [0.05, 0.1) is 25.3 Å². The van der Waals surface area contributed by atoms with Crippen molar-refractivity contribution in [3.8, 4) is 17.2 Å². The topological polar surface area (TPSA) is 96.3 Å². The molecule has 1 unspecified atom stereocenters. The van der Waals surface area contributed by atoms with Gasteiger partial charge in [-0.25, -0.2) is 0 Å². The second-order valence-corrected chi connectivity index (χ2v) is 8.22. The monoisotopic (exact) mass is 473 g/mol. The molecule has 2 N–H and O–H groups in total. The number of aliphatic hydroxyl groups excluding tert-OH is 1. The summed E-state index contributed by atoms with van der Waals surface area (Å²) in [6.07, 6.45) is 0.864. The summed E-state index contributed by atoms with van der Waals surface area (Å²) in [6, 6.07) is 19.8. The molecule has 1 aliphatic heterocycles. The van der Waals surface area contributed by atoms with Crippen LogP contribution in [0.15, 0.2) is 78.4 Å². The third-order valence-corrected chi connectivity index (χ3v) is 5.86. The maximum atomic E-state index is 13.2. The van der Waals surface area contributed by atoms with Crippen LogP contribution in [-0.2, 0) is 16.1 Å². The Balaban J connectivity index is 1.82.